The van der Waals surface area contributed by atoms with Crippen LogP contribution in [0, 0.1) is 29.1 Å². The summed E-state index contributed by atoms with van der Waals surface area (Å²) >= 11 is 0. The summed E-state index contributed by atoms with van der Waals surface area (Å²) in [7, 11) is 0. The van der Waals surface area contributed by atoms with E-state index in [0.717, 1.165) is 6.42 Å². The molecule has 0 heterocycles. The second-order valence-corrected chi connectivity index (χ2v) is 5.03. The number of aliphatic carboxylic acids is 1. The minimum atomic E-state index is -0.859. The lowest BCUT2D eigenvalue weighted by Gasteiger charge is -2.28. The van der Waals surface area contributed by atoms with Gasteiger partial charge in [-0.25, -0.2) is 0 Å². The molecule has 1 rings (SSSR count). The van der Waals surface area contributed by atoms with Crippen molar-refractivity contribution in [3.8, 4) is 6.07 Å². The van der Waals surface area contributed by atoms with Crippen LogP contribution in [-0.2, 0) is 4.79 Å². The van der Waals surface area contributed by atoms with Gasteiger partial charge in [0, 0.05) is 0 Å². The molecule has 90 valence electrons. The lowest BCUT2D eigenvalue weighted by atomic mass is 9.77. The zero-order valence-electron chi connectivity index (χ0n) is 9.98. The molecule has 0 aromatic carbocycles. The van der Waals surface area contributed by atoms with Gasteiger partial charge < -0.3 is 5.11 Å². The molecule has 2 unspecified atom stereocenters. The molecule has 3 heteroatoms. The van der Waals surface area contributed by atoms with Gasteiger partial charge in [0.15, 0.2) is 0 Å². The molecule has 1 N–H and O–H groups in total. The number of carbonyl (C=O) groups is 1. The number of nitriles is 1. The van der Waals surface area contributed by atoms with Crippen LogP contribution in [0.3, 0.4) is 0 Å². The second-order valence-electron chi connectivity index (χ2n) is 5.03. The van der Waals surface area contributed by atoms with E-state index in [1.165, 1.54) is 32.1 Å². The van der Waals surface area contributed by atoms with Crippen LogP contribution in [-0.4, -0.2) is 11.1 Å². The number of hydrogen-bond acceptors (Lipinski definition) is 2. The summed E-state index contributed by atoms with van der Waals surface area (Å²) in [5, 5.41) is 17.6. The Hall–Kier alpha value is -1.04. The molecule has 3 nitrogen and oxygen atoms in total. The lowest BCUT2D eigenvalue weighted by molar-refractivity contribution is -0.137. The fourth-order valence-electron chi connectivity index (χ4n) is 2.74. The van der Waals surface area contributed by atoms with Crippen LogP contribution >= 0.6 is 0 Å². The molecule has 1 aliphatic rings. The third-order valence-corrected chi connectivity index (χ3v) is 3.71. The Balaban J connectivity index is 2.38. The van der Waals surface area contributed by atoms with Crippen molar-refractivity contribution >= 4 is 5.97 Å². The van der Waals surface area contributed by atoms with Crippen molar-refractivity contribution in [3.05, 3.63) is 0 Å². The maximum Gasteiger partial charge on any atom is 0.304 e. The highest BCUT2D eigenvalue weighted by Crippen LogP contribution is 2.33. The van der Waals surface area contributed by atoms with Crippen molar-refractivity contribution in [1.29, 1.82) is 5.26 Å². The summed E-state index contributed by atoms with van der Waals surface area (Å²) < 4.78 is 0. The summed E-state index contributed by atoms with van der Waals surface area (Å²) in [6, 6.07) is 2.12. The number of carboxylic acid groups (broad SMARTS) is 1. The summed E-state index contributed by atoms with van der Waals surface area (Å²) in [5.41, 5.74) is 0. The number of carboxylic acids is 1. The molecule has 0 aromatic heterocycles. The van der Waals surface area contributed by atoms with E-state index < -0.39 is 5.97 Å². The lowest BCUT2D eigenvalue weighted by Crippen LogP contribution is -2.19. The van der Waals surface area contributed by atoms with E-state index in [4.69, 9.17) is 10.4 Å². The molecular formula is C13H21NO2. The molecule has 16 heavy (non-hydrogen) atoms. The van der Waals surface area contributed by atoms with E-state index in [9.17, 15) is 4.79 Å². The second kappa shape index (κ2) is 6.52. The van der Waals surface area contributed by atoms with E-state index in [1.807, 2.05) is 0 Å². The van der Waals surface area contributed by atoms with Gasteiger partial charge in [-0.15, -0.1) is 0 Å². The predicted molar refractivity (Wildman–Crippen MR) is 61.7 cm³/mol. The average Bonchev–Trinajstić information content (AvgIpc) is 2.28. The van der Waals surface area contributed by atoms with Crippen molar-refractivity contribution in [2.24, 2.45) is 17.8 Å². The maximum absolute atomic E-state index is 10.6. The van der Waals surface area contributed by atoms with Crippen LogP contribution < -0.4 is 0 Å². The first-order chi connectivity index (χ1) is 7.63. The highest BCUT2D eigenvalue weighted by Gasteiger charge is 2.24. The maximum atomic E-state index is 10.6. The van der Waals surface area contributed by atoms with Gasteiger partial charge in [-0.1, -0.05) is 39.0 Å². The van der Waals surface area contributed by atoms with Crippen molar-refractivity contribution in [3.63, 3.8) is 0 Å². The van der Waals surface area contributed by atoms with Crippen molar-refractivity contribution in [2.75, 3.05) is 0 Å². The predicted octanol–water partition coefficient (Wildman–Crippen LogP) is 3.21. The number of hydrogen-bond donors (Lipinski definition) is 1. The van der Waals surface area contributed by atoms with E-state index in [1.54, 1.807) is 0 Å². The Morgan fingerprint density at radius 1 is 1.44 bits per heavy atom. The topological polar surface area (TPSA) is 61.1 Å². The molecule has 0 aromatic rings. The number of rotatable bonds is 5. The third-order valence-electron chi connectivity index (χ3n) is 3.71. The molecule has 0 aliphatic heterocycles. The van der Waals surface area contributed by atoms with Gasteiger partial charge in [0.05, 0.1) is 18.4 Å². The molecule has 2 atom stereocenters. The minimum Gasteiger partial charge on any atom is -0.481 e. The van der Waals surface area contributed by atoms with Crippen LogP contribution in [0.4, 0.5) is 0 Å². The third kappa shape index (κ3) is 4.22. The minimum absolute atomic E-state index is 0.00639. The van der Waals surface area contributed by atoms with E-state index >= 15 is 0 Å². The summed E-state index contributed by atoms with van der Waals surface area (Å²) in [5.74, 6) is 0.0273. The van der Waals surface area contributed by atoms with Gasteiger partial charge in [0.25, 0.3) is 0 Å². The molecule has 0 saturated heterocycles. The Morgan fingerprint density at radius 3 is 2.56 bits per heavy atom. The van der Waals surface area contributed by atoms with E-state index in [0.29, 0.717) is 11.8 Å². The van der Waals surface area contributed by atoms with Crippen molar-refractivity contribution in [2.45, 2.75) is 51.9 Å². The van der Waals surface area contributed by atoms with Crippen LogP contribution in [0.5, 0.6) is 0 Å². The zero-order valence-corrected chi connectivity index (χ0v) is 9.98. The summed E-state index contributed by atoms with van der Waals surface area (Å²) in [6.07, 6.45) is 7.18. The monoisotopic (exact) mass is 223 g/mol. The summed E-state index contributed by atoms with van der Waals surface area (Å²) in [6.45, 7) is 2.17. The molecule has 0 amide bonds. The first-order valence-corrected chi connectivity index (χ1v) is 6.25. The van der Waals surface area contributed by atoms with Crippen LogP contribution in [0.25, 0.3) is 0 Å². The first kappa shape index (κ1) is 13.0. The highest BCUT2D eigenvalue weighted by atomic mass is 16.4. The summed E-state index contributed by atoms with van der Waals surface area (Å²) in [4.78, 5) is 10.6. The van der Waals surface area contributed by atoms with Crippen molar-refractivity contribution < 1.29 is 9.90 Å². The standard InChI is InChI=1S/C13H21NO2/c1-10(12-5-3-2-4-6-12)7-11(9-14)8-13(15)16/h10-12H,2-8H2,1H3,(H,15,16). The van der Waals surface area contributed by atoms with Crippen LogP contribution in [0.2, 0.25) is 0 Å². The Labute approximate surface area is 97.5 Å². The molecule has 1 fully saturated rings. The Kier molecular flexibility index (Phi) is 5.31. The molecule has 1 saturated carbocycles. The van der Waals surface area contributed by atoms with Gasteiger partial charge in [-0.05, 0) is 18.3 Å². The smallest absolute Gasteiger partial charge is 0.304 e. The molecule has 0 radical (unpaired) electrons. The van der Waals surface area contributed by atoms with Gasteiger partial charge in [0.2, 0.25) is 0 Å². The largest absolute Gasteiger partial charge is 0.481 e. The number of nitrogens with zero attached hydrogens (tertiary/aromatic N) is 1. The molecule has 0 bridgehead atoms. The van der Waals surface area contributed by atoms with E-state index in [2.05, 4.69) is 13.0 Å². The quantitative estimate of drug-likeness (QED) is 0.778. The fourth-order valence-corrected chi connectivity index (χ4v) is 2.74. The van der Waals surface area contributed by atoms with E-state index in [-0.39, 0.29) is 12.3 Å². The molecular weight excluding hydrogens is 202 g/mol. The van der Waals surface area contributed by atoms with Crippen LogP contribution in [0.1, 0.15) is 51.9 Å². The highest BCUT2D eigenvalue weighted by molar-refractivity contribution is 5.67. The van der Waals surface area contributed by atoms with Gasteiger partial charge in [-0.3, -0.25) is 4.79 Å². The zero-order chi connectivity index (χ0) is 12.0. The van der Waals surface area contributed by atoms with Gasteiger partial charge in [0.1, 0.15) is 0 Å². The van der Waals surface area contributed by atoms with Gasteiger partial charge in [-0.2, -0.15) is 5.26 Å². The average molecular weight is 223 g/mol. The van der Waals surface area contributed by atoms with Crippen molar-refractivity contribution in [1.82, 2.24) is 0 Å². The first-order valence-electron chi connectivity index (χ1n) is 6.25. The Morgan fingerprint density at radius 2 is 2.06 bits per heavy atom. The van der Waals surface area contributed by atoms with Crippen LogP contribution in [0.15, 0.2) is 0 Å². The van der Waals surface area contributed by atoms with Gasteiger partial charge >= 0.3 is 5.97 Å². The molecule has 0 spiro atoms. The fraction of sp³-hybridized carbons (Fsp3) is 0.846. The SMILES string of the molecule is CC(CC(C#N)CC(=O)O)C1CCCCC1. The molecule has 1 aliphatic carbocycles. The normalized spacial score (nSPS) is 21.0. The Bertz CT molecular complexity index is 264.